The SMILES string of the molecule is CCOC(=O)c1cc(C)sc1NC(=O)/C=C/c1ccc([N+](=O)[O-])s1. The van der Waals surface area contributed by atoms with Gasteiger partial charge in [0.15, 0.2) is 0 Å². The van der Waals surface area contributed by atoms with E-state index in [-0.39, 0.29) is 11.6 Å². The molecular formula is C15H14N2O5S2. The van der Waals surface area contributed by atoms with Crippen LogP contribution < -0.4 is 5.32 Å². The fraction of sp³-hybridized carbons (Fsp3) is 0.200. The molecule has 1 amide bonds. The summed E-state index contributed by atoms with van der Waals surface area (Å²) >= 11 is 2.24. The maximum atomic E-state index is 12.0. The predicted molar refractivity (Wildman–Crippen MR) is 93.6 cm³/mol. The summed E-state index contributed by atoms with van der Waals surface area (Å²) in [5, 5.41) is 13.7. The minimum absolute atomic E-state index is 0.00790. The van der Waals surface area contributed by atoms with E-state index in [0.29, 0.717) is 15.4 Å². The van der Waals surface area contributed by atoms with Gasteiger partial charge in [0.1, 0.15) is 5.00 Å². The monoisotopic (exact) mass is 366 g/mol. The molecule has 2 aromatic heterocycles. The van der Waals surface area contributed by atoms with Crippen LogP contribution in [-0.2, 0) is 9.53 Å². The molecule has 0 saturated carbocycles. The van der Waals surface area contributed by atoms with E-state index in [0.717, 1.165) is 16.2 Å². The van der Waals surface area contributed by atoms with E-state index in [2.05, 4.69) is 5.32 Å². The molecule has 0 atom stereocenters. The number of anilines is 1. The molecule has 0 aliphatic rings. The number of nitrogens with one attached hydrogen (secondary N) is 1. The number of esters is 1. The standard InChI is InChI=1S/C15H14N2O5S2/c1-3-22-15(19)11-8-9(2)23-14(11)16-12(18)6-4-10-5-7-13(24-10)17(20)21/h4-8H,3H2,1-2H3,(H,16,18)/b6-4+. The third-order valence-corrected chi connectivity index (χ3v) is 4.75. The summed E-state index contributed by atoms with van der Waals surface area (Å²) in [5.41, 5.74) is 0.313. The minimum Gasteiger partial charge on any atom is -0.462 e. The normalized spacial score (nSPS) is 10.8. The van der Waals surface area contributed by atoms with Gasteiger partial charge in [-0.3, -0.25) is 14.9 Å². The molecule has 0 spiro atoms. The third-order valence-electron chi connectivity index (χ3n) is 2.78. The number of carbonyl (C=O) groups is 2. The maximum Gasteiger partial charge on any atom is 0.341 e. The van der Waals surface area contributed by atoms with Gasteiger partial charge in [-0.25, -0.2) is 4.79 Å². The van der Waals surface area contributed by atoms with E-state index in [1.165, 1.54) is 29.6 Å². The van der Waals surface area contributed by atoms with Crippen molar-refractivity contribution in [1.82, 2.24) is 0 Å². The number of amides is 1. The van der Waals surface area contributed by atoms with Crippen LogP contribution in [0.3, 0.4) is 0 Å². The highest BCUT2D eigenvalue weighted by Crippen LogP contribution is 2.28. The average Bonchev–Trinajstić information content (AvgIpc) is 3.12. The minimum atomic E-state index is -0.491. The van der Waals surface area contributed by atoms with Gasteiger partial charge in [0, 0.05) is 21.9 Å². The molecule has 7 nitrogen and oxygen atoms in total. The summed E-state index contributed by atoms with van der Waals surface area (Å²) in [6, 6.07) is 4.60. The molecule has 0 aliphatic heterocycles. The molecule has 24 heavy (non-hydrogen) atoms. The number of ether oxygens (including phenoxy) is 1. The largest absolute Gasteiger partial charge is 0.462 e. The Hall–Kier alpha value is -2.52. The molecule has 1 N–H and O–H groups in total. The van der Waals surface area contributed by atoms with Crippen molar-refractivity contribution in [3.8, 4) is 0 Å². The summed E-state index contributed by atoms with van der Waals surface area (Å²) in [6.07, 6.45) is 2.75. The zero-order valence-corrected chi connectivity index (χ0v) is 14.5. The Bertz CT molecular complexity index is 807. The van der Waals surface area contributed by atoms with Crippen LogP contribution in [0.25, 0.3) is 6.08 Å². The number of nitro groups is 1. The number of aryl methyl sites for hydroxylation is 1. The molecule has 2 rings (SSSR count). The first kappa shape index (κ1) is 17.8. The van der Waals surface area contributed by atoms with Crippen molar-refractivity contribution in [2.45, 2.75) is 13.8 Å². The van der Waals surface area contributed by atoms with Gasteiger partial charge >= 0.3 is 11.0 Å². The third kappa shape index (κ3) is 4.49. The van der Waals surface area contributed by atoms with Crippen molar-refractivity contribution < 1.29 is 19.2 Å². The smallest absolute Gasteiger partial charge is 0.341 e. The lowest BCUT2D eigenvalue weighted by Crippen LogP contribution is -2.11. The Morgan fingerprint density at radius 3 is 2.75 bits per heavy atom. The summed E-state index contributed by atoms with van der Waals surface area (Å²) in [4.78, 5) is 35.4. The number of hydrogen-bond acceptors (Lipinski definition) is 7. The average molecular weight is 366 g/mol. The van der Waals surface area contributed by atoms with Crippen LogP contribution in [-0.4, -0.2) is 23.4 Å². The second-order valence-electron chi connectivity index (χ2n) is 4.58. The molecule has 2 heterocycles. The van der Waals surface area contributed by atoms with Gasteiger partial charge in [-0.15, -0.1) is 11.3 Å². The molecule has 126 valence electrons. The van der Waals surface area contributed by atoms with Crippen LogP contribution in [0, 0.1) is 17.0 Å². The lowest BCUT2D eigenvalue weighted by atomic mass is 10.3. The van der Waals surface area contributed by atoms with E-state index < -0.39 is 16.8 Å². The second kappa shape index (κ2) is 7.84. The molecule has 0 saturated heterocycles. The summed E-state index contributed by atoms with van der Waals surface area (Å²) in [7, 11) is 0. The number of hydrogen-bond donors (Lipinski definition) is 1. The number of rotatable bonds is 6. The van der Waals surface area contributed by atoms with Crippen LogP contribution >= 0.6 is 22.7 Å². The first-order chi connectivity index (χ1) is 11.4. The molecule has 0 aliphatic carbocycles. The Balaban J connectivity index is 2.08. The van der Waals surface area contributed by atoms with Crippen LogP contribution in [0.2, 0.25) is 0 Å². The van der Waals surface area contributed by atoms with Crippen molar-refractivity contribution in [2.75, 3.05) is 11.9 Å². The van der Waals surface area contributed by atoms with Crippen LogP contribution in [0.4, 0.5) is 10.0 Å². The second-order valence-corrected chi connectivity index (χ2v) is 6.93. The molecule has 0 radical (unpaired) electrons. The summed E-state index contributed by atoms with van der Waals surface area (Å²) in [6.45, 7) is 3.78. The van der Waals surface area contributed by atoms with E-state index in [9.17, 15) is 19.7 Å². The van der Waals surface area contributed by atoms with Crippen LogP contribution in [0.5, 0.6) is 0 Å². The highest BCUT2D eigenvalue weighted by molar-refractivity contribution is 7.16. The molecule has 0 bridgehead atoms. The Morgan fingerprint density at radius 1 is 1.38 bits per heavy atom. The Kier molecular flexibility index (Phi) is 5.83. The molecule has 0 fully saturated rings. The first-order valence-electron chi connectivity index (χ1n) is 6.91. The molecule has 2 aromatic rings. The van der Waals surface area contributed by atoms with Crippen molar-refractivity contribution in [2.24, 2.45) is 0 Å². The molecule has 9 heteroatoms. The maximum absolute atomic E-state index is 12.0. The number of thiophene rings is 2. The van der Waals surface area contributed by atoms with Gasteiger partial charge in [-0.1, -0.05) is 11.3 Å². The Labute approximate surface area is 145 Å². The topological polar surface area (TPSA) is 98.5 Å². The van der Waals surface area contributed by atoms with E-state index >= 15 is 0 Å². The van der Waals surface area contributed by atoms with Crippen LogP contribution in [0.15, 0.2) is 24.3 Å². The zero-order chi connectivity index (χ0) is 17.7. The molecule has 0 unspecified atom stereocenters. The Morgan fingerprint density at radius 2 is 2.12 bits per heavy atom. The van der Waals surface area contributed by atoms with Crippen molar-refractivity contribution >= 4 is 50.6 Å². The van der Waals surface area contributed by atoms with Gasteiger partial charge in [-0.2, -0.15) is 0 Å². The van der Waals surface area contributed by atoms with Gasteiger partial charge in [0.2, 0.25) is 5.91 Å². The highest BCUT2D eigenvalue weighted by Gasteiger charge is 2.17. The van der Waals surface area contributed by atoms with E-state index in [1.807, 2.05) is 6.92 Å². The molecule has 0 aromatic carbocycles. The number of carbonyl (C=O) groups excluding carboxylic acids is 2. The van der Waals surface area contributed by atoms with Crippen molar-refractivity contribution in [1.29, 1.82) is 0 Å². The van der Waals surface area contributed by atoms with Gasteiger partial charge in [-0.05, 0) is 32.1 Å². The fourth-order valence-corrected chi connectivity index (χ4v) is 3.44. The van der Waals surface area contributed by atoms with Gasteiger partial charge < -0.3 is 10.1 Å². The van der Waals surface area contributed by atoms with Crippen molar-refractivity contribution in [3.63, 3.8) is 0 Å². The van der Waals surface area contributed by atoms with Crippen molar-refractivity contribution in [3.05, 3.63) is 49.7 Å². The van der Waals surface area contributed by atoms with E-state index in [1.54, 1.807) is 19.1 Å². The lowest BCUT2D eigenvalue weighted by molar-refractivity contribution is -0.380. The quantitative estimate of drug-likeness (QED) is 0.362. The summed E-state index contributed by atoms with van der Waals surface area (Å²) < 4.78 is 4.95. The van der Waals surface area contributed by atoms with Crippen LogP contribution in [0.1, 0.15) is 27.0 Å². The van der Waals surface area contributed by atoms with Gasteiger partial charge in [0.05, 0.1) is 17.1 Å². The predicted octanol–water partition coefficient (Wildman–Crippen LogP) is 3.85. The lowest BCUT2D eigenvalue weighted by Gasteiger charge is -2.03. The highest BCUT2D eigenvalue weighted by atomic mass is 32.1. The summed E-state index contributed by atoms with van der Waals surface area (Å²) in [5.74, 6) is -0.923. The molecular weight excluding hydrogens is 352 g/mol. The van der Waals surface area contributed by atoms with E-state index in [4.69, 9.17) is 4.74 Å². The fourth-order valence-electron chi connectivity index (χ4n) is 1.81. The zero-order valence-electron chi connectivity index (χ0n) is 12.9. The van der Waals surface area contributed by atoms with Gasteiger partial charge in [0.25, 0.3) is 0 Å². The first-order valence-corrected chi connectivity index (χ1v) is 8.55. The number of nitrogens with zero attached hydrogens (tertiary/aromatic N) is 1.